The normalized spacial score (nSPS) is 19.0. The molecule has 2 heterocycles. The summed E-state index contributed by atoms with van der Waals surface area (Å²) in [5.41, 5.74) is 0.566. The van der Waals surface area contributed by atoms with E-state index in [-0.39, 0.29) is 36.0 Å². The largest absolute Gasteiger partial charge is 0.467 e. The molecule has 3 rings (SSSR count). The molecule has 3 N–H and O–H groups in total. The van der Waals surface area contributed by atoms with Crippen molar-refractivity contribution < 1.29 is 33.1 Å². The van der Waals surface area contributed by atoms with Gasteiger partial charge in [-0.15, -0.1) is 0 Å². The molecule has 2 aromatic rings. The van der Waals surface area contributed by atoms with Crippen molar-refractivity contribution >= 4 is 40.6 Å². The Morgan fingerprint density at radius 1 is 1.00 bits per heavy atom. The van der Waals surface area contributed by atoms with E-state index in [1.807, 2.05) is 46.8 Å². The van der Waals surface area contributed by atoms with Gasteiger partial charge >= 0.3 is 12.0 Å². The molecule has 1 aliphatic rings. The van der Waals surface area contributed by atoms with Crippen molar-refractivity contribution in [3.05, 3.63) is 36.1 Å². The number of fused-ring (bicyclic) bond motifs is 1. The summed E-state index contributed by atoms with van der Waals surface area (Å²) in [6.45, 7) is 9.32. The van der Waals surface area contributed by atoms with E-state index < -0.39 is 41.9 Å². The van der Waals surface area contributed by atoms with E-state index >= 15 is 0 Å². The van der Waals surface area contributed by atoms with Crippen LogP contribution in [-0.2, 0) is 19.1 Å². The zero-order valence-corrected chi connectivity index (χ0v) is 24.7. The molecule has 11 nitrogen and oxygen atoms in total. The summed E-state index contributed by atoms with van der Waals surface area (Å²) in [4.78, 5) is 66.2. The van der Waals surface area contributed by atoms with Gasteiger partial charge in [0.15, 0.2) is 11.5 Å². The first-order valence-electron chi connectivity index (χ1n) is 14.2. The van der Waals surface area contributed by atoms with Crippen molar-refractivity contribution in [1.82, 2.24) is 20.9 Å². The van der Waals surface area contributed by atoms with E-state index in [1.54, 1.807) is 18.2 Å². The molecule has 1 aliphatic heterocycles. The molecule has 0 aliphatic carbocycles. The Bertz CT molecular complexity index is 1220. The van der Waals surface area contributed by atoms with Crippen LogP contribution in [0.2, 0.25) is 0 Å². The molecule has 1 fully saturated rings. The number of hydrogen-bond acceptors (Lipinski definition) is 7. The molecule has 224 valence electrons. The molecule has 1 saturated heterocycles. The number of carbonyl (C=O) groups excluding carboxylic acids is 5. The van der Waals surface area contributed by atoms with Gasteiger partial charge in [-0.05, 0) is 56.6 Å². The molecule has 1 aromatic carbocycles. The molecule has 0 radical (unpaired) electrons. The Labute approximate surface area is 240 Å². The van der Waals surface area contributed by atoms with Gasteiger partial charge in [-0.2, -0.15) is 0 Å². The Balaban J connectivity index is 1.67. The molecule has 0 unspecified atom stereocenters. The lowest BCUT2D eigenvalue weighted by molar-refractivity contribution is -0.143. The summed E-state index contributed by atoms with van der Waals surface area (Å²) in [5, 5.41) is 9.05. The van der Waals surface area contributed by atoms with Gasteiger partial charge in [-0.1, -0.05) is 45.9 Å². The number of carbonyl (C=O) groups is 5. The molecular weight excluding hydrogens is 528 g/mol. The Hall–Kier alpha value is -3.89. The third-order valence-electron chi connectivity index (χ3n) is 7.17. The van der Waals surface area contributed by atoms with Crippen LogP contribution in [0.1, 0.15) is 70.9 Å². The molecule has 11 heteroatoms. The lowest BCUT2D eigenvalue weighted by Crippen LogP contribution is -2.54. The first-order chi connectivity index (χ1) is 19.4. The number of esters is 1. The third-order valence-corrected chi connectivity index (χ3v) is 7.17. The second-order valence-electron chi connectivity index (χ2n) is 11.5. The summed E-state index contributed by atoms with van der Waals surface area (Å²) in [6, 6.07) is 5.46. The second kappa shape index (κ2) is 14.1. The Morgan fingerprint density at radius 2 is 1.66 bits per heavy atom. The lowest BCUT2D eigenvalue weighted by Gasteiger charge is -2.29. The van der Waals surface area contributed by atoms with Crippen LogP contribution in [0.5, 0.6) is 0 Å². The van der Waals surface area contributed by atoms with E-state index in [0.717, 1.165) is 5.39 Å². The lowest BCUT2D eigenvalue weighted by atomic mass is 10.0. The number of ketones is 1. The zero-order chi connectivity index (χ0) is 30.3. The number of para-hydroxylation sites is 1. The van der Waals surface area contributed by atoms with Crippen molar-refractivity contribution in [1.29, 1.82) is 0 Å². The SMILES string of the molecule is COC(=O)[C@H](CC(C)C)NC(=O)N1CC(=O)[C@@H](NC(=O)[C@H](CC(C)C)NC(=O)c2cc3ccccc3o2)CC[C@H]1C. The van der Waals surface area contributed by atoms with Crippen LogP contribution in [0.25, 0.3) is 11.0 Å². The number of nitrogens with one attached hydrogen (secondary N) is 3. The smallest absolute Gasteiger partial charge is 0.328 e. The summed E-state index contributed by atoms with van der Waals surface area (Å²) in [5.74, 6) is -1.57. The van der Waals surface area contributed by atoms with Gasteiger partial charge in [0.2, 0.25) is 5.91 Å². The van der Waals surface area contributed by atoms with Crippen molar-refractivity contribution in [3.8, 4) is 0 Å². The summed E-state index contributed by atoms with van der Waals surface area (Å²) in [7, 11) is 1.26. The minimum absolute atomic E-state index is 0.0827. The van der Waals surface area contributed by atoms with Crippen LogP contribution in [0.15, 0.2) is 34.7 Å². The topological polar surface area (TPSA) is 147 Å². The summed E-state index contributed by atoms with van der Waals surface area (Å²) in [6.07, 6.45) is 1.53. The molecule has 0 bridgehead atoms. The molecule has 4 atom stereocenters. The van der Waals surface area contributed by atoms with E-state index in [4.69, 9.17) is 9.15 Å². The molecule has 0 spiro atoms. The fourth-order valence-electron chi connectivity index (χ4n) is 4.94. The number of likely N-dealkylation sites (tertiary alicyclic amines) is 1. The monoisotopic (exact) mass is 570 g/mol. The number of urea groups is 1. The standard InChI is InChI=1S/C30H42N4O7/c1-17(2)13-22(32-28(37)26-15-20-9-7-8-10-25(20)41-26)27(36)31-21-12-11-19(5)34(16-24(21)35)30(39)33-23(14-18(3)4)29(38)40-6/h7-10,15,17-19,21-23H,11-14,16H2,1-6H3,(H,31,36)(H,32,37)(H,33,39)/t19-,21+,22+,23+/m1/s1. The summed E-state index contributed by atoms with van der Waals surface area (Å²) < 4.78 is 10.5. The molecule has 1 aromatic heterocycles. The highest BCUT2D eigenvalue weighted by Gasteiger charge is 2.35. The van der Waals surface area contributed by atoms with Gasteiger partial charge in [0.1, 0.15) is 17.7 Å². The number of rotatable bonds is 10. The highest BCUT2D eigenvalue weighted by atomic mass is 16.5. The number of ether oxygens (including phenoxy) is 1. The van der Waals surface area contributed by atoms with Gasteiger partial charge in [0.05, 0.1) is 19.7 Å². The average molecular weight is 571 g/mol. The number of methoxy groups -OCH3 is 1. The van der Waals surface area contributed by atoms with Gasteiger partial charge in [-0.25, -0.2) is 9.59 Å². The number of amides is 4. The first kappa shape index (κ1) is 31.6. The quantitative estimate of drug-likeness (QED) is 0.371. The van der Waals surface area contributed by atoms with Gasteiger partial charge in [0, 0.05) is 11.4 Å². The maximum Gasteiger partial charge on any atom is 0.328 e. The van der Waals surface area contributed by atoms with Crippen LogP contribution in [0, 0.1) is 11.8 Å². The van der Waals surface area contributed by atoms with E-state index in [9.17, 15) is 24.0 Å². The van der Waals surface area contributed by atoms with Gasteiger partial charge in [-0.3, -0.25) is 14.4 Å². The fourth-order valence-corrected chi connectivity index (χ4v) is 4.94. The summed E-state index contributed by atoms with van der Waals surface area (Å²) >= 11 is 0. The number of hydrogen-bond donors (Lipinski definition) is 3. The minimum atomic E-state index is -0.888. The van der Waals surface area contributed by atoms with Crippen molar-refractivity contribution in [2.45, 2.75) is 84.5 Å². The predicted octanol–water partition coefficient (Wildman–Crippen LogP) is 3.41. The number of Topliss-reactive ketones (excluding diaryl/α,β-unsaturated/α-hetero) is 1. The second-order valence-corrected chi connectivity index (χ2v) is 11.5. The number of nitrogens with zero attached hydrogens (tertiary/aromatic N) is 1. The van der Waals surface area contributed by atoms with E-state index in [2.05, 4.69) is 16.0 Å². The maximum atomic E-state index is 13.3. The van der Waals surface area contributed by atoms with Crippen LogP contribution in [-0.4, -0.2) is 72.3 Å². The fraction of sp³-hybridized carbons (Fsp3) is 0.567. The number of benzene rings is 1. The Kier molecular flexibility index (Phi) is 10.9. The zero-order valence-electron chi connectivity index (χ0n) is 24.7. The van der Waals surface area contributed by atoms with Gasteiger partial charge in [0.25, 0.3) is 5.91 Å². The molecule has 41 heavy (non-hydrogen) atoms. The first-order valence-corrected chi connectivity index (χ1v) is 14.2. The minimum Gasteiger partial charge on any atom is -0.467 e. The third kappa shape index (κ3) is 8.55. The van der Waals surface area contributed by atoms with Crippen LogP contribution in [0.3, 0.4) is 0 Å². The van der Waals surface area contributed by atoms with Crippen LogP contribution >= 0.6 is 0 Å². The van der Waals surface area contributed by atoms with Crippen LogP contribution in [0.4, 0.5) is 4.79 Å². The van der Waals surface area contributed by atoms with E-state index in [1.165, 1.54) is 12.0 Å². The Morgan fingerprint density at radius 3 is 2.29 bits per heavy atom. The highest BCUT2D eigenvalue weighted by molar-refractivity contribution is 6.00. The highest BCUT2D eigenvalue weighted by Crippen LogP contribution is 2.20. The average Bonchev–Trinajstić information content (AvgIpc) is 3.30. The molecule has 0 saturated carbocycles. The molecular formula is C30H42N4O7. The van der Waals surface area contributed by atoms with Crippen molar-refractivity contribution in [2.24, 2.45) is 11.8 Å². The van der Waals surface area contributed by atoms with Crippen molar-refractivity contribution in [3.63, 3.8) is 0 Å². The molecule has 4 amide bonds. The van der Waals surface area contributed by atoms with Crippen molar-refractivity contribution in [2.75, 3.05) is 13.7 Å². The van der Waals surface area contributed by atoms with Gasteiger partial charge < -0.3 is 30.0 Å². The van der Waals surface area contributed by atoms with Crippen LogP contribution < -0.4 is 16.0 Å². The number of furan rings is 1. The predicted molar refractivity (Wildman–Crippen MR) is 153 cm³/mol. The maximum absolute atomic E-state index is 13.3. The van der Waals surface area contributed by atoms with E-state index in [0.29, 0.717) is 31.3 Å².